The Balaban J connectivity index is 0.00000281. The van der Waals surface area contributed by atoms with E-state index in [2.05, 4.69) is 33.0 Å². The van der Waals surface area contributed by atoms with E-state index in [1.807, 2.05) is 59.7 Å². The Kier molecular flexibility index (Phi) is 15.5. The first-order valence-electron chi connectivity index (χ1n) is 12.8. The van der Waals surface area contributed by atoms with Crippen molar-refractivity contribution in [3.63, 3.8) is 0 Å². The molecule has 1 aliphatic rings. The first-order valence-corrected chi connectivity index (χ1v) is 15.2. The van der Waals surface area contributed by atoms with Gasteiger partial charge in [0.1, 0.15) is 0 Å². The molecular formula is C27H47NO4S2. The van der Waals surface area contributed by atoms with Crippen LogP contribution in [0, 0.1) is 5.41 Å². The Morgan fingerprint density at radius 3 is 2.29 bits per heavy atom. The predicted molar refractivity (Wildman–Crippen MR) is 147 cm³/mol. The van der Waals surface area contributed by atoms with E-state index >= 15 is 0 Å². The van der Waals surface area contributed by atoms with Crippen LogP contribution in [0.25, 0.3) is 0 Å². The number of unbranched alkanes of at least 4 members (excludes halogenated alkanes) is 1. The second kappa shape index (κ2) is 16.9. The number of rotatable bonds is 14. The number of hydrogen-bond acceptors (Lipinski definition) is 6. The smallest absolute Gasteiger partial charge is 0.220 e. The van der Waals surface area contributed by atoms with Crippen LogP contribution in [0.2, 0.25) is 0 Å². The van der Waals surface area contributed by atoms with Gasteiger partial charge in [-0.15, -0.1) is 0 Å². The fraction of sp³-hybridized carbons (Fsp3) is 0.741. The summed E-state index contributed by atoms with van der Waals surface area (Å²) in [6, 6.07) is 8.13. The summed E-state index contributed by atoms with van der Waals surface area (Å²) >= 11 is 0. The number of benzene rings is 1. The molecule has 0 aliphatic carbocycles. The Morgan fingerprint density at radius 1 is 1.12 bits per heavy atom. The Bertz CT molecular complexity index is 668. The van der Waals surface area contributed by atoms with Gasteiger partial charge in [0.25, 0.3) is 0 Å². The highest BCUT2D eigenvalue weighted by Crippen LogP contribution is 2.39. The zero-order valence-corrected chi connectivity index (χ0v) is 23.8. The van der Waals surface area contributed by atoms with Crippen LogP contribution < -0.4 is 5.32 Å². The number of ether oxygens (including phenoxy) is 2. The highest BCUT2D eigenvalue weighted by molar-refractivity contribution is 8.77. The van der Waals surface area contributed by atoms with Crippen molar-refractivity contribution >= 4 is 27.5 Å². The summed E-state index contributed by atoms with van der Waals surface area (Å²) in [5, 5.41) is 11.9. The number of nitrogens with one attached hydrogen (secondary N) is 1. The molecule has 0 spiro atoms. The molecule has 0 unspecified atom stereocenters. The number of amides is 1. The van der Waals surface area contributed by atoms with Crippen molar-refractivity contribution < 1.29 is 19.4 Å². The van der Waals surface area contributed by atoms with Crippen molar-refractivity contribution in [3.8, 4) is 0 Å². The van der Waals surface area contributed by atoms with Crippen LogP contribution in [0.4, 0.5) is 0 Å². The van der Waals surface area contributed by atoms with Crippen LogP contribution >= 0.6 is 21.6 Å². The van der Waals surface area contributed by atoms with Crippen molar-refractivity contribution in [2.24, 2.45) is 5.41 Å². The van der Waals surface area contributed by atoms with E-state index in [4.69, 9.17) is 14.6 Å². The molecule has 1 heterocycles. The Hall–Kier alpha value is -0.730. The molecule has 0 radical (unpaired) electrons. The molecule has 2 N–H and O–H groups in total. The summed E-state index contributed by atoms with van der Waals surface area (Å²) in [5.74, 6) is 1.12. The highest BCUT2D eigenvalue weighted by atomic mass is 33.1. The number of carbonyl (C=O) groups excluding carboxylic acids is 1. The second-order valence-corrected chi connectivity index (χ2v) is 12.4. The fourth-order valence-electron chi connectivity index (χ4n) is 3.46. The topological polar surface area (TPSA) is 67.8 Å². The molecular weight excluding hydrogens is 466 g/mol. The number of hydrogen-bond donors (Lipinski definition) is 2. The third-order valence-corrected chi connectivity index (χ3v) is 9.63. The summed E-state index contributed by atoms with van der Waals surface area (Å²) in [6.45, 7) is 15.0. The van der Waals surface area contributed by atoms with Gasteiger partial charge in [0.15, 0.2) is 6.29 Å². The molecule has 7 heteroatoms. The summed E-state index contributed by atoms with van der Waals surface area (Å²) in [6.07, 6.45) is 5.07. The largest absolute Gasteiger partial charge is 0.396 e. The lowest BCUT2D eigenvalue weighted by Gasteiger charge is -2.39. The van der Waals surface area contributed by atoms with Crippen molar-refractivity contribution in [1.82, 2.24) is 5.32 Å². The molecule has 1 amide bonds. The quantitative estimate of drug-likeness (QED) is 0.208. The minimum Gasteiger partial charge on any atom is -0.396 e. The van der Waals surface area contributed by atoms with Crippen molar-refractivity contribution in [3.05, 3.63) is 35.4 Å². The van der Waals surface area contributed by atoms with Gasteiger partial charge in [-0.25, -0.2) is 0 Å². The summed E-state index contributed by atoms with van der Waals surface area (Å²) in [5.41, 5.74) is 2.24. The van der Waals surface area contributed by atoms with Gasteiger partial charge in [-0.05, 0) is 51.5 Å². The number of aliphatic hydroxyl groups is 1. The molecule has 196 valence electrons. The van der Waals surface area contributed by atoms with Crippen LogP contribution in [0.15, 0.2) is 24.3 Å². The number of carbonyl (C=O) groups is 1. The van der Waals surface area contributed by atoms with Crippen molar-refractivity contribution in [1.29, 1.82) is 0 Å². The standard InChI is InChI=1S/C25H41NO4S2.C2H6/c1-5-25(6-2)18-29-23(30-19-25)21-11-9-20(10-12-21)17-26-22(28)13-14-24(3,4)32-31-16-8-7-15-27;1-2/h9-12,23,27H,5-8,13-19H2,1-4H3,(H,26,28);1-2H3. The third-order valence-electron chi connectivity index (χ3n) is 6.20. The Morgan fingerprint density at radius 2 is 1.74 bits per heavy atom. The van der Waals surface area contributed by atoms with Gasteiger partial charge < -0.3 is 19.9 Å². The molecule has 1 aromatic carbocycles. The third kappa shape index (κ3) is 11.3. The SMILES string of the molecule is CC.CCC1(CC)COC(c2ccc(CNC(=O)CCC(C)(C)SSCCCCO)cc2)OC1. The van der Waals surface area contributed by atoms with E-state index in [0.29, 0.717) is 13.0 Å². The van der Waals surface area contributed by atoms with E-state index < -0.39 is 0 Å². The van der Waals surface area contributed by atoms with E-state index in [9.17, 15) is 4.79 Å². The van der Waals surface area contributed by atoms with Crippen LogP contribution in [0.1, 0.15) is 97.5 Å². The van der Waals surface area contributed by atoms with E-state index in [0.717, 1.165) is 62.2 Å². The first kappa shape index (κ1) is 31.3. The lowest BCUT2D eigenvalue weighted by molar-refractivity contribution is -0.235. The monoisotopic (exact) mass is 513 g/mol. The van der Waals surface area contributed by atoms with Gasteiger partial charge in [-0.2, -0.15) is 0 Å². The van der Waals surface area contributed by atoms with E-state index in [1.54, 1.807) is 0 Å². The molecule has 0 bridgehead atoms. The van der Waals surface area contributed by atoms with Gasteiger partial charge in [0, 0.05) is 41.1 Å². The maximum atomic E-state index is 12.3. The minimum atomic E-state index is -0.300. The molecule has 2 rings (SSSR count). The maximum absolute atomic E-state index is 12.3. The predicted octanol–water partition coefficient (Wildman–Crippen LogP) is 6.89. The van der Waals surface area contributed by atoms with E-state index in [1.165, 1.54) is 0 Å². The molecule has 34 heavy (non-hydrogen) atoms. The summed E-state index contributed by atoms with van der Waals surface area (Å²) in [7, 11) is 3.67. The lowest BCUT2D eigenvalue weighted by Crippen LogP contribution is -2.37. The molecule has 5 nitrogen and oxygen atoms in total. The normalized spacial score (nSPS) is 16.0. The van der Waals surface area contributed by atoms with Gasteiger partial charge in [0.2, 0.25) is 5.91 Å². The first-order chi connectivity index (χ1) is 16.3. The molecule has 1 aromatic rings. The fourth-order valence-corrected chi connectivity index (χ4v) is 6.18. The number of aliphatic hydroxyl groups excluding tert-OH is 1. The summed E-state index contributed by atoms with van der Waals surface area (Å²) in [4.78, 5) is 12.3. The molecule has 1 fully saturated rings. The summed E-state index contributed by atoms with van der Waals surface area (Å²) < 4.78 is 12.1. The minimum absolute atomic E-state index is 0.0516. The molecule has 0 saturated carbocycles. The van der Waals surface area contributed by atoms with Crippen LogP contribution in [0.5, 0.6) is 0 Å². The van der Waals surface area contributed by atoms with Gasteiger partial charge in [-0.3, -0.25) is 4.79 Å². The molecule has 0 aromatic heterocycles. The zero-order chi connectivity index (χ0) is 25.5. The van der Waals surface area contributed by atoms with Crippen LogP contribution in [0.3, 0.4) is 0 Å². The van der Waals surface area contributed by atoms with Crippen LogP contribution in [-0.4, -0.2) is 41.3 Å². The van der Waals surface area contributed by atoms with Gasteiger partial charge in [-0.1, -0.05) is 73.5 Å². The zero-order valence-electron chi connectivity index (χ0n) is 22.2. The maximum Gasteiger partial charge on any atom is 0.220 e. The molecule has 1 saturated heterocycles. The second-order valence-electron chi connectivity index (χ2n) is 9.28. The van der Waals surface area contributed by atoms with Crippen molar-refractivity contribution in [2.45, 2.75) is 97.6 Å². The van der Waals surface area contributed by atoms with Gasteiger partial charge >= 0.3 is 0 Å². The lowest BCUT2D eigenvalue weighted by atomic mass is 9.83. The van der Waals surface area contributed by atoms with Crippen molar-refractivity contribution in [2.75, 3.05) is 25.6 Å². The average molecular weight is 514 g/mol. The van der Waals surface area contributed by atoms with Gasteiger partial charge in [0.05, 0.1) is 13.2 Å². The van der Waals surface area contributed by atoms with E-state index in [-0.39, 0.29) is 29.0 Å². The highest BCUT2D eigenvalue weighted by Gasteiger charge is 2.34. The van der Waals surface area contributed by atoms with Crippen LogP contribution in [-0.2, 0) is 20.8 Å². The molecule has 0 atom stereocenters. The average Bonchev–Trinajstić information content (AvgIpc) is 2.88. The Labute approximate surface area is 215 Å². The molecule has 1 aliphatic heterocycles.